The van der Waals surface area contributed by atoms with Crippen molar-refractivity contribution in [3.8, 4) is 11.4 Å². The van der Waals surface area contributed by atoms with Gasteiger partial charge in [0.1, 0.15) is 12.4 Å². The Labute approximate surface area is 192 Å². The molecule has 9 heteroatoms. The first-order valence-electron chi connectivity index (χ1n) is 9.57. The molecule has 0 spiro atoms. The first-order chi connectivity index (χ1) is 15.4. The molecule has 0 saturated heterocycles. The molecular weight excluding hydrogens is 459 g/mol. The molecular formula is C23H17ClF3N3OS. The van der Waals surface area contributed by atoms with Gasteiger partial charge in [-0.2, -0.15) is 13.2 Å². The van der Waals surface area contributed by atoms with Crippen LogP contribution in [0.25, 0.3) is 5.69 Å². The Morgan fingerprint density at radius 3 is 2.38 bits per heavy atom. The largest absolute Gasteiger partial charge is 0.486 e. The SMILES string of the molecule is FC(F)(F)c1cccc(OCc2nnc(SCc3ccc(Cl)cc3)n2-c2ccccc2)c1. The highest BCUT2D eigenvalue weighted by molar-refractivity contribution is 7.98. The zero-order chi connectivity index (χ0) is 22.6. The quantitative estimate of drug-likeness (QED) is 0.275. The van der Waals surface area contributed by atoms with Crippen LogP contribution in [0, 0.1) is 0 Å². The van der Waals surface area contributed by atoms with Crippen molar-refractivity contribution < 1.29 is 17.9 Å². The number of halogens is 4. The molecule has 0 aliphatic heterocycles. The maximum absolute atomic E-state index is 13.0. The van der Waals surface area contributed by atoms with Crippen molar-refractivity contribution >= 4 is 23.4 Å². The van der Waals surface area contributed by atoms with Crippen molar-refractivity contribution in [2.75, 3.05) is 0 Å². The molecule has 0 atom stereocenters. The number of thioether (sulfide) groups is 1. The maximum Gasteiger partial charge on any atom is 0.416 e. The standard InChI is InChI=1S/C23H17ClF3N3OS/c24-18-11-9-16(10-12-18)15-32-22-29-28-21(30(22)19-6-2-1-3-7-19)14-31-20-8-4-5-17(13-20)23(25,26)27/h1-13H,14-15H2. The zero-order valence-corrected chi connectivity index (χ0v) is 18.2. The number of benzene rings is 3. The summed E-state index contributed by atoms with van der Waals surface area (Å²) in [5.41, 5.74) is 1.14. The van der Waals surface area contributed by atoms with Crippen LogP contribution in [0.3, 0.4) is 0 Å². The van der Waals surface area contributed by atoms with Crippen LogP contribution in [0.15, 0.2) is 84.0 Å². The van der Waals surface area contributed by atoms with Crippen LogP contribution in [0.1, 0.15) is 17.0 Å². The highest BCUT2D eigenvalue weighted by Crippen LogP contribution is 2.32. The van der Waals surface area contributed by atoms with Crippen LogP contribution in [0.4, 0.5) is 13.2 Å². The lowest BCUT2D eigenvalue weighted by Crippen LogP contribution is -2.08. The van der Waals surface area contributed by atoms with E-state index < -0.39 is 11.7 Å². The Morgan fingerprint density at radius 1 is 0.906 bits per heavy atom. The molecule has 1 aromatic heterocycles. The summed E-state index contributed by atoms with van der Waals surface area (Å²) in [6.45, 7) is -0.0370. The van der Waals surface area contributed by atoms with Crippen molar-refractivity contribution in [3.05, 3.63) is 101 Å². The lowest BCUT2D eigenvalue weighted by Gasteiger charge is -2.12. The summed E-state index contributed by atoms with van der Waals surface area (Å²) < 4.78 is 46.4. The smallest absolute Gasteiger partial charge is 0.416 e. The summed E-state index contributed by atoms with van der Waals surface area (Å²) in [7, 11) is 0. The highest BCUT2D eigenvalue weighted by atomic mass is 35.5. The first kappa shape index (κ1) is 22.2. The second kappa shape index (κ2) is 9.67. The maximum atomic E-state index is 13.0. The summed E-state index contributed by atoms with van der Waals surface area (Å²) in [5.74, 6) is 1.24. The second-order valence-electron chi connectivity index (χ2n) is 6.80. The zero-order valence-electron chi connectivity index (χ0n) is 16.6. The topological polar surface area (TPSA) is 39.9 Å². The first-order valence-corrected chi connectivity index (χ1v) is 10.9. The molecule has 3 aromatic carbocycles. The average molecular weight is 476 g/mol. The fourth-order valence-corrected chi connectivity index (χ4v) is 4.01. The van der Waals surface area contributed by atoms with Gasteiger partial charge in [0.25, 0.3) is 0 Å². The summed E-state index contributed by atoms with van der Waals surface area (Å²) >= 11 is 7.44. The minimum atomic E-state index is -4.44. The van der Waals surface area contributed by atoms with Crippen LogP contribution in [-0.4, -0.2) is 14.8 Å². The van der Waals surface area contributed by atoms with Crippen LogP contribution in [0.2, 0.25) is 5.02 Å². The Balaban J connectivity index is 1.56. The molecule has 1 heterocycles. The minimum Gasteiger partial charge on any atom is -0.486 e. The van der Waals surface area contributed by atoms with E-state index >= 15 is 0 Å². The van der Waals surface area contributed by atoms with Gasteiger partial charge in [-0.1, -0.05) is 59.8 Å². The summed E-state index contributed by atoms with van der Waals surface area (Å²) in [6.07, 6.45) is -4.44. The number of ether oxygens (including phenoxy) is 1. The molecule has 0 aliphatic carbocycles. The van der Waals surface area contributed by atoms with Crippen molar-refractivity contribution in [3.63, 3.8) is 0 Å². The normalized spacial score (nSPS) is 11.5. The molecule has 4 rings (SSSR count). The second-order valence-corrected chi connectivity index (χ2v) is 8.18. The molecule has 0 fully saturated rings. The number of hydrogen-bond donors (Lipinski definition) is 0. The van der Waals surface area contributed by atoms with Crippen LogP contribution < -0.4 is 4.74 Å². The number of rotatable bonds is 7. The number of alkyl halides is 3. The van der Waals surface area contributed by atoms with E-state index in [2.05, 4.69) is 10.2 Å². The summed E-state index contributed by atoms with van der Waals surface area (Å²) in [6, 6.07) is 21.8. The highest BCUT2D eigenvalue weighted by Gasteiger charge is 2.30. The van der Waals surface area contributed by atoms with E-state index in [4.69, 9.17) is 16.3 Å². The Kier molecular flexibility index (Phi) is 6.72. The fraction of sp³-hybridized carbons (Fsp3) is 0.130. The van der Waals surface area contributed by atoms with Gasteiger partial charge in [0.2, 0.25) is 0 Å². The lowest BCUT2D eigenvalue weighted by molar-refractivity contribution is -0.137. The molecule has 0 saturated carbocycles. The van der Waals surface area contributed by atoms with Crippen molar-refractivity contribution in [1.29, 1.82) is 0 Å². The molecule has 0 bridgehead atoms. The van der Waals surface area contributed by atoms with Gasteiger partial charge in [0.05, 0.1) is 5.56 Å². The molecule has 0 N–H and O–H groups in total. The Morgan fingerprint density at radius 2 is 1.66 bits per heavy atom. The minimum absolute atomic E-state index is 0.0370. The molecule has 0 radical (unpaired) electrons. The van der Waals surface area contributed by atoms with Gasteiger partial charge in [-0.3, -0.25) is 4.57 Å². The molecule has 0 amide bonds. The van der Waals surface area contributed by atoms with Gasteiger partial charge >= 0.3 is 6.18 Å². The van der Waals surface area contributed by atoms with Gasteiger partial charge in [-0.05, 0) is 48.0 Å². The van der Waals surface area contributed by atoms with E-state index in [9.17, 15) is 13.2 Å². The van der Waals surface area contributed by atoms with E-state index in [0.717, 1.165) is 23.4 Å². The van der Waals surface area contributed by atoms with Gasteiger partial charge in [-0.25, -0.2) is 0 Å². The van der Waals surface area contributed by atoms with E-state index in [1.807, 2.05) is 59.2 Å². The van der Waals surface area contributed by atoms with Gasteiger partial charge in [-0.15, -0.1) is 10.2 Å². The fourth-order valence-electron chi connectivity index (χ4n) is 2.96. The Bertz CT molecular complexity index is 1180. The number of nitrogens with zero attached hydrogens (tertiary/aromatic N) is 3. The van der Waals surface area contributed by atoms with Gasteiger partial charge in [0, 0.05) is 16.5 Å². The van der Waals surface area contributed by atoms with Gasteiger partial charge < -0.3 is 4.74 Å². The predicted octanol–water partition coefficient (Wildman–Crippen LogP) is 6.81. The summed E-state index contributed by atoms with van der Waals surface area (Å²) in [5, 5.41) is 9.83. The molecule has 4 nitrogen and oxygen atoms in total. The van der Waals surface area contributed by atoms with Crippen LogP contribution >= 0.6 is 23.4 Å². The van der Waals surface area contributed by atoms with Gasteiger partial charge in [0.15, 0.2) is 11.0 Å². The third kappa shape index (κ3) is 5.44. The van der Waals surface area contributed by atoms with Crippen molar-refractivity contribution in [2.45, 2.75) is 23.7 Å². The molecule has 0 aliphatic rings. The Hall–Kier alpha value is -2.97. The molecule has 32 heavy (non-hydrogen) atoms. The number of hydrogen-bond acceptors (Lipinski definition) is 4. The third-order valence-electron chi connectivity index (χ3n) is 4.53. The number of aromatic nitrogens is 3. The monoisotopic (exact) mass is 475 g/mol. The number of para-hydroxylation sites is 1. The van der Waals surface area contributed by atoms with E-state index in [1.165, 1.54) is 23.9 Å². The lowest BCUT2D eigenvalue weighted by atomic mass is 10.2. The molecule has 0 unspecified atom stereocenters. The van der Waals surface area contributed by atoms with E-state index in [0.29, 0.717) is 21.8 Å². The molecule has 164 valence electrons. The van der Waals surface area contributed by atoms with Crippen molar-refractivity contribution in [2.24, 2.45) is 0 Å². The predicted molar refractivity (Wildman–Crippen MR) is 118 cm³/mol. The van der Waals surface area contributed by atoms with Crippen molar-refractivity contribution in [1.82, 2.24) is 14.8 Å². The summed E-state index contributed by atoms with van der Waals surface area (Å²) in [4.78, 5) is 0. The van der Waals surface area contributed by atoms with Crippen LogP contribution in [0.5, 0.6) is 5.75 Å². The third-order valence-corrected chi connectivity index (χ3v) is 5.78. The van der Waals surface area contributed by atoms with Crippen LogP contribution in [-0.2, 0) is 18.5 Å². The average Bonchev–Trinajstić information content (AvgIpc) is 3.20. The van der Waals surface area contributed by atoms with E-state index in [-0.39, 0.29) is 12.4 Å². The molecule has 4 aromatic rings. The van der Waals surface area contributed by atoms with E-state index in [1.54, 1.807) is 0 Å².